The molecular formula is C9H9Cl2NO3. The molecule has 0 amide bonds. The summed E-state index contributed by atoms with van der Waals surface area (Å²) in [4.78, 5) is 0. The zero-order chi connectivity index (χ0) is 10.9. The van der Waals surface area contributed by atoms with Crippen LogP contribution in [0.4, 0.5) is 0 Å². The summed E-state index contributed by atoms with van der Waals surface area (Å²) >= 11 is 12.1. The molecule has 1 saturated heterocycles. The summed E-state index contributed by atoms with van der Waals surface area (Å²) < 4.78 is 6.84. The highest BCUT2D eigenvalue weighted by Crippen LogP contribution is 2.60. The molecule has 15 heavy (non-hydrogen) atoms. The van der Waals surface area contributed by atoms with Gasteiger partial charge >= 0.3 is 0 Å². The van der Waals surface area contributed by atoms with Crippen molar-refractivity contribution in [1.82, 2.24) is 4.57 Å². The third kappa shape index (κ3) is 0.928. The zero-order valence-electron chi connectivity index (χ0n) is 7.82. The first kappa shape index (κ1) is 9.63. The molecule has 4 nitrogen and oxygen atoms in total. The fourth-order valence-electron chi connectivity index (χ4n) is 2.36. The average Bonchev–Trinajstić information content (AvgIpc) is 2.79. The standard InChI is InChI=1S/C9H9Cl2NO3/c1-12-8(13)2-3(9(12)14)7-5(11)4(10)6(2)15-7/h4-7,13-14H,1H3/t4?,5?,6-,7+. The van der Waals surface area contributed by atoms with Crippen LogP contribution in [0.15, 0.2) is 0 Å². The third-order valence-electron chi connectivity index (χ3n) is 3.15. The number of fused-ring (bicyclic) bond motifs is 5. The van der Waals surface area contributed by atoms with Gasteiger partial charge in [-0.25, -0.2) is 0 Å². The molecule has 1 aromatic rings. The maximum Gasteiger partial charge on any atom is 0.200 e. The summed E-state index contributed by atoms with van der Waals surface area (Å²) in [6.07, 6.45) is -0.831. The number of nitrogens with zero attached hydrogens (tertiary/aromatic N) is 1. The Kier molecular flexibility index (Phi) is 1.77. The first-order valence-electron chi connectivity index (χ1n) is 4.58. The Morgan fingerprint density at radius 3 is 1.87 bits per heavy atom. The summed E-state index contributed by atoms with van der Waals surface area (Å²) in [6, 6.07) is 0. The van der Waals surface area contributed by atoms with Gasteiger partial charge in [-0.15, -0.1) is 23.2 Å². The van der Waals surface area contributed by atoms with Crippen molar-refractivity contribution in [3.63, 3.8) is 0 Å². The lowest BCUT2D eigenvalue weighted by Crippen LogP contribution is -2.21. The molecule has 2 aliphatic heterocycles. The number of aromatic hydroxyl groups is 2. The van der Waals surface area contributed by atoms with Crippen LogP contribution in [0.5, 0.6) is 11.8 Å². The van der Waals surface area contributed by atoms with Gasteiger partial charge in [0.2, 0.25) is 0 Å². The molecule has 0 aromatic carbocycles. The second kappa shape index (κ2) is 2.75. The van der Waals surface area contributed by atoms with Gasteiger partial charge < -0.3 is 14.9 Å². The lowest BCUT2D eigenvalue weighted by atomic mass is 9.94. The van der Waals surface area contributed by atoms with Crippen molar-refractivity contribution in [3.8, 4) is 11.8 Å². The fraction of sp³-hybridized carbons (Fsp3) is 0.556. The van der Waals surface area contributed by atoms with E-state index in [4.69, 9.17) is 27.9 Å². The zero-order valence-corrected chi connectivity index (χ0v) is 9.33. The molecule has 82 valence electrons. The highest BCUT2D eigenvalue weighted by atomic mass is 35.5. The molecule has 0 aliphatic carbocycles. The van der Waals surface area contributed by atoms with E-state index in [1.165, 1.54) is 4.57 Å². The first-order chi connectivity index (χ1) is 7.04. The van der Waals surface area contributed by atoms with Crippen LogP contribution in [0, 0.1) is 0 Å². The van der Waals surface area contributed by atoms with Crippen molar-refractivity contribution < 1.29 is 14.9 Å². The Bertz CT molecular complexity index is 408. The Labute approximate surface area is 96.0 Å². The second-order valence-corrected chi connectivity index (χ2v) is 4.91. The van der Waals surface area contributed by atoms with E-state index < -0.39 is 12.2 Å². The van der Waals surface area contributed by atoms with E-state index in [-0.39, 0.29) is 22.5 Å². The number of aromatic nitrogens is 1. The molecule has 0 radical (unpaired) electrons. The van der Waals surface area contributed by atoms with E-state index >= 15 is 0 Å². The number of ether oxygens (including phenoxy) is 1. The summed E-state index contributed by atoms with van der Waals surface area (Å²) in [5.74, 6) is 0.00781. The highest BCUT2D eigenvalue weighted by Gasteiger charge is 2.55. The normalized spacial score (nSPS) is 37.3. The molecule has 0 spiro atoms. The van der Waals surface area contributed by atoms with Crippen LogP contribution in [0.2, 0.25) is 0 Å². The third-order valence-corrected chi connectivity index (χ3v) is 4.28. The number of halogens is 2. The lowest BCUT2D eigenvalue weighted by molar-refractivity contribution is 0.0694. The summed E-state index contributed by atoms with van der Waals surface area (Å²) in [5, 5.41) is 18.8. The molecule has 2 N–H and O–H groups in total. The number of hydrogen-bond donors (Lipinski definition) is 2. The summed E-state index contributed by atoms with van der Waals surface area (Å²) in [6.45, 7) is 0. The molecule has 1 aromatic heterocycles. The van der Waals surface area contributed by atoms with E-state index in [1.54, 1.807) is 7.05 Å². The minimum absolute atomic E-state index is 0.00390. The molecule has 2 aliphatic rings. The van der Waals surface area contributed by atoms with Gasteiger partial charge in [-0.1, -0.05) is 0 Å². The Morgan fingerprint density at radius 2 is 1.47 bits per heavy atom. The minimum Gasteiger partial charge on any atom is -0.494 e. The predicted octanol–water partition coefficient (Wildman–Crippen LogP) is 1.78. The van der Waals surface area contributed by atoms with Gasteiger partial charge in [0.25, 0.3) is 0 Å². The predicted molar refractivity (Wildman–Crippen MR) is 54.6 cm³/mol. The highest BCUT2D eigenvalue weighted by molar-refractivity contribution is 6.31. The van der Waals surface area contributed by atoms with Crippen LogP contribution in [0.1, 0.15) is 23.3 Å². The van der Waals surface area contributed by atoms with Crippen LogP contribution in [-0.2, 0) is 11.8 Å². The maximum absolute atomic E-state index is 9.79. The molecule has 1 fully saturated rings. The van der Waals surface area contributed by atoms with Crippen LogP contribution in [0.25, 0.3) is 0 Å². The van der Waals surface area contributed by atoms with E-state index in [9.17, 15) is 10.2 Å². The quantitative estimate of drug-likeness (QED) is 0.690. The van der Waals surface area contributed by atoms with Crippen molar-refractivity contribution in [1.29, 1.82) is 0 Å². The Balaban J connectivity index is 2.25. The summed E-state index contributed by atoms with van der Waals surface area (Å²) in [5.41, 5.74) is 1.16. The van der Waals surface area contributed by atoms with E-state index in [0.29, 0.717) is 11.1 Å². The molecule has 2 bridgehead atoms. The summed E-state index contributed by atoms with van der Waals surface area (Å²) in [7, 11) is 1.58. The lowest BCUT2D eigenvalue weighted by Gasteiger charge is -2.17. The van der Waals surface area contributed by atoms with Crippen molar-refractivity contribution in [2.45, 2.75) is 23.0 Å². The van der Waals surface area contributed by atoms with Gasteiger partial charge in [0, 0.05) is 7.05 Å². The number of hydrogen-bond acceptors (Lipinski definition) is 3. The first-order valence-corrected chi connectivity index (χ1v) is 5.45. The Hall–Kier alpha value is -0.580. The van der Waals surface area contributed by atoms with Gasteiger partial charge in [-0.2, -0.15) is 0 Å². The van der Waals surface area contributed by atoms with Crippen molar-refractivity contribution in [2.24, 2.45) is 7.05 Å². The van der Waals surface area contributed by atoms with Crippen molar-refractivity contribution in [3.05, 3.63) is 11.1 Å². The smallest absolute Gasteiger partial charge is 0.200 e. The van der Waals surface area contributed by atoms with Crippen molar-refractivity contribution in [2.75, 3.05) is 0 Å². The van der Waals surface area contributed by atoms with Crippen LogP contribution in [-0.4, -0.2) is 25.5 Å². The van der Waals surface area contributed by atoms with Gasteiger partial charge in [0.1, 0.15) is 12.2 Å². The molecule has 3 rings (SSSR count). The van der Waals surface area contributed by atoms with E-state index in [0.717, 1.165) is 0 Å². The topological polar surface area (TPSA) is 54.6 Å². The van der Waals surface area contributed by atoms with Gasteiger partial charge in [-0.05, 0) is 0 Å². The monoisotopic (exact) mass is 249 g/mol. The largest absolute Gasteiger partial charge is 0.494 e. The van der Waals surface area contributed by atoms with E-state index in [2.05, 4.69) is 0 Å². The van der Waals surface area contributed by atoms with E-state index in [1.807, 2.05) is 0 Å². The maximum atomic E-state index is 9.79. The number of alkyl halides is 2. The minimum atomic E-state index is -0.415. The van der Waals surface area contributed by atoms with Crippen LogP contribution in [0.3, 0.4) is 0 Å². The number of rotatable bonds is 0. The molecule has 3 heterocycles. The molecule has 2 unspecified atom stereocenters. The fourth-order valence-corrected chi connectivity index (χ4v) is 3.00. The molecular weight excluding hydrogens is 241 g/mol. The van der Waals surface area contributed by atoms with Crippen molar-refractivity contribution >= 4 is 23.2 Å². The average molecular weight is 250 g/mol. The molecule has 0 saturated carbocycles. The van der Waals surface area contributed by atoms with Gasteiger partial charge in [-0.3, -0.25) is 4.57 Å². The molecule has 4 atom stereocenters. The van der Waals surface area contributed by atoms with Gasteiger partial charge in [0.15, 0.2) is 11.8 Å². The molecule has 6 heteroatoms. The second-order valence-electron chi connectivity index (χ2n) is 3.90. The van der Waals surface area contributed by atoms with Crippen LogP contribution < -0.4 is 0 Å². The van der Waals surface area contributed by atoms with Gasteiger partial charge in [0.05, 0.1) is 21.9 Å². The van der Waals surface area contributed by atoms with Crippen LogP contribution >= 0.6 is 23.2 Å². The Morgan fingerprint density at radius 1 is 1.07 bits per heavy atom. The SMILES string of the molecule is Cn1c(O)c2c(c1O)[C@@H]1O[C@H]2C(Cl)C1Cl.